The molecule has 2 nitrogen and oxygen atoms in total. The Morgan fingerprint density at radius 2 is 2.05 bits per heavy atom. The largest absolute Gasteiger partial charge is 0.459 e. The Balaban J connectivity index is 1.69. The molecule has 2 aromatic heterocycles. The van der Waals surface area contributed by atoms with Crippen LogP contribution in [0.15, 0.2) is 46.2 Å². The Morgan fingerprint density at radius 3 is 2.80 bits per heavy atom. The molecule has 0 fully saturated rings. The first-order chi connectivity index (χ1) is 9.75. The van der Waals surface area contributed by atoms with Gasteiger partial charge in [-0.1, -0.05) is 24.3 Å². The molecule has 2 heterocycles. The lowest BCUT2D eigenvalue weighted by molar-refractivity contribution is 0.451. The average Bonchev–Trinajstić information content (AvgIpc) is 3.08. The minimum Gasteiger partial charge on any atom is -0.459 e. The smallest absolute Gasteiger partial charge is 0.134 e. The summed E-state index contributed by atoms with van der Waals surface area (Å²) in [4.78, 5) is 1.42. The summed E-state index contributed by atoms with van der Waals surface area (Å²) in [5, 5.41) is 6.90. The first-order valence-corrected chi connectivity index (χ1v) is 7.87. The zero-order chi connectivity index (χ0) is 13.9. The van der Waals surface area contributed by atoms with Crippen LogP contribution >= 0.6 is 11.3 Å². The molecule has 0 saturated carbocycles. The fourth-order valence-electron chi connectivity index (χ4n) is 2.57. The highest BCUT2D eigenvalue weighted by atomic mass is 32.1. The van der Waals surface area contributed by atoms with Crippen molar-refractivity contribution in [3.8, 4) is 0 Å². The second kappa shape index (κ2) is 5.81. The van der Waals surface area contributed by atoms with Crippen LogP contribution in [0.25, 0.3) is 11.0 Å². The van der Waals surface area contributed by atoms with Crippen molar-refractivity contribution in [1.82, 2.24) is 5.32 Å². The van der Waals surface area contributed by atoms with Crippen molar-refractivity contribution in [2.75, 3.05) is 6.54 Å². The van der Waals surface area contributed by atoms with E-state index in [1.807, 2.05) is 23.5 Å². The third-order valence-corrected chi connectivity index (χ3v) is 4.61. The molecule has 0 aliphatic heterocycles. The van der Waals surface area contributed by atoms with Gasteiger partial charge in [-0.2, -0.15) is 0 Å². The first kappa shape index (κ1) is 13.4. The Hall–Kier alpha value is -1.58. The average molecular weight is 285 g/mol. The maximum absolute atomic E-state index is 5.99. The summed E-state index contributed by atoms with van der Waals surface area (Å²) in [5.74, 6) is 1.05. The van der Waals surface area contributed by atoms with Crippen molar-refractivity contribution < 1.29 is 4.42 Å². The molecule has 0 radical (unpaired) electrons. The van der Waals surface area contributed by atoms with Gasteiger partial charge in [0, 0.05) is 16.8 Å². The number of fused-ring (bicyclic) bond motifs is 1. The molecule has 0 aliphatic carbocycles. The second-order valence-electron chi connectivity index (χ2n) is 5.09. The minimum atomic E-state index is 0.238. The molecule has 104 valence electrons. The minimum absolute atomic E-state index is 0.238. The highest BCUT2D eigenvalue weighted by Gasteiger charge is 2.15. The predicted octanol–water partition coefficient (Wildman–Crippen LogP) is 4.70. The SMILES string of the molecule is Cc1c(C(C)NCCc2cccs2)oc2ccccc12. The quantitative estimate of drug-likeness (QED) is 0.735. The summed E-state index contributed by atoms with van der Waals surface area (Å²) in [6.45, 7) is 5.27. The molecular weight excluding hydrogens is 266 g/mol. The van der Waals surface area contributed by atoms with E-state index in [-0.39, 0.29) is 6.04 Å². The van der Waals surface area contributed by atoms with E-state index in [1.165, 1.54) is 15.8 Å². The van der Waals surface area contributed by atoms with Gasteiger partial charge in [-0.05, 0) is 43.3 Å². The molecule has 3 rings (SSSR count). The van der Waals surface area contributed by atoms with Crippen LogP contribution in [0.3, 0.4) is 0 Å². The topological polar surface area (TPSA) is 25.2 Å². The predicted molar refractivity (Wildman–Crippen MR) is 85.4 cm³/mol. The fraction of sp³-hybridized carbons (Fsp3) is 0.294. The van der Waals surface area contributed by atoms with Crippen molar-refractivity contribution >= 4 is 22.3 Å². The van der Waals surface area contributed by atoms with Crippen LogP contribution in [-0.4, -0.2) is 6.54 Å². The number of benzene rings is 1. The van der Waals surface area contributed by atoms with Crippen molar-refractivity contribution in [1.29, 1.82) is 0 Å². The number of aryl methyl sites for hydroxylation is 1. The lowest BCUT2D eigenvalue weighted by Gasteiger charge is -2.11. The molecule has 1 aromatic carbocycles. The van der Waals surface area contributed by atoms with Crippen LogP contribution in [0.4, 0.5) is 0 Å². The molecule has 0 aliphatic rings. The highest BCUT2D eigenvalue weighted by molar-refractivity contribution is 7.09. The molecule has 3 heteroatoms. The fourth-order valence-corrected chi connectivity index (χ4v) is 3.27. The van der Waals surface area contributed by atoms with Gasteiger partial charge in [-0.15, -0.1) is 11.3 Å². The van der Waals surface area contributed by atoms with E-state index in [1.54, 1.807) is 0 Å². The van der Waals surface area contributed by atoms with Gasteiger partial charge in [0.15, 0.2) is 0 Å². The Labute approximate surface area is 123 Å². The van der Waals surface area contributed by atoms with Crippen molar-refractivity contribution in [3.05, 3.63) is 58.0 Å². The van der Waals surface area contributed by atoms with Crippen LogP contribution in [0.2, 0.25) is 0 Å². The number of furan rings is 1. The lowest BCUT2D eigenvalue weighted by atomic mass is 10.1. The van der Waals surface area contributed by atoms with Crippen molar-refractivity contribution in [2.24, 2.45) is 0 Å². The molecule has 3 aromatic rings. The van der Waals surface area contributed by atoms with E-state index in [9.17, 15) is 0 Å². The normalized spacial score (nSPS) is 12.9. The van der Waals surface area contributed by atoms with E-state index in [2.05, 4.69) is 48.8 Å². The van der Waals surface area contributed by atoms with Crippen molar-refractivity contribution in [3.63, 3.8) is 0 Å². The van der Waals surface area contributed by atoms with Gasteiger partial charge in [0.05, 0.1) is 6.04 Å². The van der Waals surface area contributed by atoms with Gasteiger partial charge in [0.25, 0.3) is 0 Å². The van der Waals surface area contributed by atoms with Gasteiger partial charge in [0.2, 0.25) is 0 Å². The number of nitrogens with one attached hydrogen (secondary N) is 1. The Kier molecular flexibility index (Phi) is 3.90. The van der Waals surface area contributed by atoms with Crippen LogP contribution < -0.4 is 5.32 Å². The molecule has 0 bridgehead atoms. The third-order valence-electron chi connectivity index (χ3n) is 3.68. The van der Waals surface area contributed by atoms with Crippen LogP contribution in [0.5, 0.6) is 0 Å². The monoisotopic (exact) mass is 285 g/mol. The summed E-state index contributed by atoms with van der Waals surface area (Å²) in [5.41, 5.74) is 2.23. The molecule has 1 N–H and O–H groups in total. The van der Waals surface area contributed by atoms with E-state index >= 15 is 0 Å². The maximum atomic E-state index is 5.99. The van der Waals surface area contributed by atoms with Gasteiger partial charge in [-0.25, -0.2) is 0 Å². The van der Waals surface area contributed by atoms with Crippen LogP contribution in [-0.2, 0) is 6.42 Å². The Morgan fingerprint density at radius 1 is 1.20 bits per heavy atom. The summed E-state index contributed by atoms with van der Waals surface area (Å²) in [6, 6.07) is 12.8. The standard InChI is InChI=1S/C17H19NOS/c1-12-15-7-3-4-8-16(15)19-17(12)13(2)18-10-9-14-6-5-11-20-14/h3-8,11,13,18H,9-10H2,1-2H3. The molecule has 0 saturated heterocycles. The third kappa shape index (κ3) is 2.65. The van der Waals surface area contributed by atoms with Gasteiger partial charge in [0.1, 0.15) is 11.3 Å². The highest BCUT2D eigenvalue weighted by Crippen LogP contribution is 2.29. The first-order valence-electron chi connectivity index (χ1n) is 6.99. The zero-order valence-electron chi connectivity index (χ0n) is 11.8. The summed E-state index contributed by atoms with van der Waals surface area (Å²) in [6.07, 6.45) is 1.07. The summed E-state index contributed by atoms with van der Waals surface area (Å²) >= 11 is 1.81. The van der Waals surface area contributed by atoms with Gasteiger partial charge >= 0.3 is 0 Å². The molecular formula is C17H19NOS. The summed E-state index contributed by atoms with van der Waals surface area (Å²) < 4.78 is 5.99. The van der Waals surface area contributed by atoms with E-state index in [0.29, 0.717) is 0 Å². The van der Waals surface area contributed by atoms with Gasteiger partial charge < -0.3 is 9.73 Å². The summed E-state index contributed by atoms with van der Waals surface area (Å²) in [7, 11) is 0. The number of rotatable bonds is 5. The maximum Gasteiger partial charge on any atom is 0.134 e. The molecule has 1 unspecified atom stereocenters. The van der Waals surface area contributed by atoms with Crippen LogP contribution in [0, 0.1) is 6.92 Å². The number of hydrogen-bond acceptors (Lipinski definition) is 3. The van der Waals surface area contributed by atoms with Crippen LogP contribution in [0.1, 0.15) is 29.2 Å². The number of para-hydroxylation sites is 1. The second-order valence-corrected chi connectivity index (χ2v) is 6.12. The van der Waals surface area contributed by atoms with E-state index in [4.69, 9.17) is 4.42 Å². The van der Waals surface area contributed by atoms with E-state index in [0.717, 1.165) is 24.3 Å². The molecule has 20 heavy (non-hydrogen) atoms. The molecule has 0 amide bonds. The number of hydrogen-bond donors (Lipinski definition) is 1. The number of thiophene rings is 1. The zero-order valence-corrected chi connectivity index (χ0v) is 12.7. The van der Waals surface area contributed by atoms with Crippen molar-refractivity contribution in [2.45, 2.75) is 26.3 Å². The Bertz CT molecular complexity index is 684. The van der Waals surface area contributed by atoms with Gasteiger partial charge in [-0.3, -0.25) is 0 Å². The van der Waals surface area contributed by atoms with E-state index < -0.39 is 0 Å². The molecule has 1 atom stereocenters. The lowest BCUT2D eigenvalue weighted by Crippen LogP contribution is -2.21. The molecule has 0 spiro atoms.